The summed E-state index contributed by atoms with van der Waals surface area (Å²) in [4.78, 5) is 5.34. The fourth-order valence-electron chi connectivity index (χ4n) is 2.44. The van der Waals surface area contributed by atoms with Crippen LogP contribution in [0.4, 0.5) is 18.9 Å². The molecule has 0 spiro atoms. The van der Waals surface area contributed by atoms with E-state index in [1.54, 1.807) is 31.2 Å². The van der Waals surface area contributed by atoms with Crippen molar-refractivity contribution in [1.82, 2.24) is 0 Å². The molecule has 0 fully saturated rings. The monoisotopic (exact) mass is 506 g/mol. The SMILES string of the molecule is C=C(OC)c1ccc(CO/N=C(\CC)c2cc(Cl)ccc2NS(=O)(=O)C(F)(F)F)cc1.CC. The summed E-state index contributed by atoms with van der Waals surface area (Å²) in [6.45, 7) is 9.52. The van der Waals surface area contributed by atoms with E-state index in [1.165, 1.54) is 24.0 Å². The maximum atomic E-state index is 12.8. The van der Waals surface area contributed by atoms with Crippen molar-refractivity contribution in [3.63, 3.8) is 0 Å². The molecule has 0 bridgehead atoms. The van der Waals surface area contributed by atoms with E-state index < -0.39 is 15.5 Å². The fourth-order valence-corrected chi connectivity index (χ4v) is 3.20. The van der Waals surface area contributed by atoms with E-state index in [2.05, 4.69) is 11.7 Å². The van der Waals surface area contributed by atoms with Crippen LogP contribution < -0.4 is 4.72 Å². The molecule has 0 aliphatic rings. The lowest BCUT2D eigenvalue weighted by molar-refractivity contribution is -0.0429. The molecule has 182 valence electrons. The fraction of sp³-hybridized carbons (Fsp3) is 0.318. The first-order valence-electron chi connectivity index (χ1n) is 9.88. The van der Waals surface area contributed by atoms with Gasteiger partial charge in [0.25, 0.3) is 0 Å². The van der Waals surface area contributed by atoms with E-state index in [-0.39, 0.29) is 35.0 Å². The van der Waals surface area contributed by atoms with Gasteiger partial charge in [0.2, 0.25) is 0 Å². The van der Waals surface area contributed by atoms with Crippen molar-refractivity contribution in [2.45, 2.75) is 39.3 Å². The second-order valence-corrected chi connectivity index (χ2v) is 8.34. The second kappa shape index (κ2) is 12.5. The molecule has 0 unspecified atom stereocenters. The van der Waals surface area contributed by atoms with Gasteiger partial charge in [0.15, 0.2) is 0 Å². The Morgan fingerprint density at radius 2 is 1.76 bits per heavy atom. The number of halogens is 4. The topological polar surface area (TPSA) is 77.0 Å². The number of rotatable bonds is 9. The smallest absolute Gasteiger partial charge is 0.497 e. The number of benzene rings is 2. The number of hydrogen-bond acceptors (Lipinski definition) is 5. The van der Waals surface area contributed by atoms with Crippen LogP contribution >= 0.6 is 11.6 Å². The van der Waals surface area contributed by atoms with Crippen LogP contribution in [0.1, 0.15) is 43.9 Å². The molecule has 0 amide bonds. The standard InChI is InChI=1S/C20H20ClF3N2O4S.C2H6/c1-4-18(25-30-12-14-5-7-15(8-6-14)13(2)29-3)17-11-16(21)9-10-19(17)26-31(27,28)20(22,23)24;1-2/h5-11,26H,2,4,12H2,1,3H3;1-2H3/b25-18+;. The second-order valence-electron chi connectivity index (χ2n) is 6.23. The Kier molecular flexibility index (Phi) is 10.7. The Labute approximate surface area is 197 Å². The Hall–Kier alpha value is -2.72. The lowest BCUT2D eigenvalue weighted by Gasteiger charge is -2.15. The molecule has 2 aromatic carbocycles. The summed E-state index contributed by atoms with van der Waals surface area (Å²) in [5.41, 5.74) is -3.92. The molecule has 0 aromatic heterocycles. The van der Waals surface area contributed by atoms with Gasteiger partial charge in [-0.2, -0.15) is 21.6 Å². The van der Waals surface area contributed by atoms with Gasteiger partial charge in [0.1, 0.15) is 12.4 Å². The lowest BCUT2D eigenvalue weighted by Crippen LogP contribution is -2.30. The van der Waals surface area contributed by atoms with E-state index in [9.17, 15) is 21.6 Å². The first-order valence-corrected chi connectivity index (χ1v) is 11.7. The minimum atomic E-state index is -5.61. The van der Waals surface area contributed by atoms with Crippen molar-refractivity contribution in [3.8, 4) is 0 Å². The third-order valence-corrected chi connectivity index (χ3v) is 5.44. The number of hydrogen-bond donors (Lipinski definition) is 1. The normalized spacial score (nSPS) is 11.8. The number of nitrogens with one attached hydrogen (secondary N) is 1. The van der Waals surface area contributed by atoms with Gasteiger partial charge in [-0.05, 0) is 30.2 Å². The van der Waals surface area contributed by atoms with Crippen LogP contribution in [0.5, 0.6) is 0 Å². The summed E-state index contributed by atoms with van der Waals surface area (Å²) < 4.78 is 67.9. The highest BCUT2D eigenvalue weighted by molar-refractivity contribution is 7.93. The van der Waals surface area contributed by atoms with E-state index in [4.69, 9.17) is 21.2 Å². The van der Waals surface area contributed by atoms with Crippen LogP contribution in [-0.4, -0.2) is 26.7 Å². The average molecular weight is 507 g/mol. The van der Waals surface area contributed by atoms with Crippen molar-refractivity contribution in [2.75, 3.05) is 11.8 Å². The van der Waals surface area contributed by atoms with Crippen molar-refractivity contribution < 1.29 is 31.2 Å². The van der Waals surface area contributed by atoms with Gasteiger partial charge >= 0.3 is 15.5 Å². The highest BCUT2D eigenvalue weighted by Gasteiger charge is 2.46. The molecule has 0 heterocycles. The van der Waals surface area contributed by atoms with Gasteiger partial charge in [0.05, 0.1) is 18.5 Å². The number of nitrogens with zero attached hydrogens (tertiary/aromatic N) is 1. The lowest BCUT2D eigenvalue weighted by atomic mass is 10.1. The maximum Gasteiger partial charge on any atom is 0.516 e. The molecule has 6 nitrogen and oxygen atoms in total. The Morgan fingerprint density at radius 3 is 2.27 bits per heavy atom. The maximum absolute atomic E-state index is 12.8. The molecule has 2 rings (SSSR count). The molecule has 2 aromatic rings. The molecule has 33 heavy (non-hydrogen) atoms. The van der Waals surface area contributed by atoms with E-state index in [0.29, 0.717) is 5.76 Å². The molecule has 0 aliphatic heterocycles. The van der Waals surface area contributed by atoms with Gasteiger partial charge in [-0.25, -0.2) is 0 Å². The summed E-state index contributed by atoms with van der Waals surface area (Å²) in [7, 11) is -4.10. The molecule has 0 saturated carbocycles. The minimum absolute atomic E-state index is 0.0768. The zero-order valence-corrected chi connectivity index (χ0v) is 20.2. The Morgan fingerprint density at radius 1 is 1.15 bits per heavy atom. The zero-order chi connectivity index (χ0) is 25.2. The van der Waals surface area contributed by atoms with E-state index in [1.807, 2.05) is 13.8 Å². The first kappa shape index (κ1) is 28.3. The third kappa shape index (κ3) is 7.97. The van der Waals surface area contributed by atoms with Gasteiger partial charge in [-0.15, -0.1) is 0 Å². The first-order chi connectivity index (χ1) is 15.5. The van der Waals surface area contributed by atoms with Crippen LogP contribution in [0.15, 0.2) is 54.2 Å². The predicted octanol–water partition coefficient (Wildman–Crippen LogP) is 6.58. The summed E-state index contributed by atoms with van der Waals surface area (Å²) in [5, 5.41) is 4.17. The number of methoxy groups -OCH3 is 1. The Balaban J connectivity index is 0.00000265. The number of alkyl halides is 3. The van der Waals surface area contributed by atoms with Crippen LogP contribution in [0.25, 0.3) is 5.76 Å². The summed E-state index contributed by atoms with van der Waals surface area (Å²) >= 11 is 5.95. The van der Waals surface area contributed by atoms with Crippen LogP contribution in [0.2, 0.25) is 5.02 Å². The van der Waals surface area contributed by atoms with Crippen LogP contribution in [-0.2, 0) is 26.2 Å². The summed E-state index contributed by atoms with van der Waals surface area (Å²) in [6, 6.07) is 10.8. The summed E-state index contributed by atoms with van der Waals surface area (Å²) in [6.07, 6.45) is 0.244. The number of ether oxygens (including phenoxy) is 1. The number of sulfonamides is 1. The van der Waals surface area contributed by atoms with Gasteiger partial charge in [-0.1, -0.05) is 68.4 Å². The zero-order valence-electron chi connectivity index (χ0n) is 18.7. The van der Waals surface area contributed by atoms with Crippen molar-refractivity contribution >= 4 is 38.8 Å². The highest BCUT2D eigenvalue weighted by atomic mass is 35.5. The van der Waals surface area contributed by atoms with Gasteiger partial charge in [0, 0.05) is 16.1 Å². The number of anilines is 1. The third-order valence-electron chi connectivity index (χ3n) is 4.10. The van der Waals surface area contributed by atoms with Crippen LogP contribution in [0, 0.1) is 0 Å². The molecular weight excluding hydrogens is 481 g/mol. The van der Waals surface area contributed by atoms with E-state index in [0.717, 1.165) is 17.2 Å². The van der Waals surface area contributed by atoms with Gasteiger partial charge in [-0.3, -0.25) is 4.72 Å². The molecule has 1 N–H and O–H groups in total. The molecule has 0 radical (unpaired) electrons. The predicted molar refractivity (Wildman–Crippen MR) is 125 cm³/mol. The largest absolute Gasteiger partial charge is 0.516 e. The molecule has 0 aliphatic carbocycles. The highest BCUT2D eigenvalue weighted by Crippen LogP contribution is 2.29. The van der Waals surface area contributed by atoms with Crippen molar-refractivity contribution in [2.24, 2.45) is 5.16 Å². The van der Waals surface area contributed by atoms with Crippen LogP contribution in [0.3, 0.4) is 0 Å². The minimum Gasteiger partial charge on any atom is -0.497 e. The molecular formula is C22H26ClF3N2O4S. The van der Waals surface area contributed by atoms with Gasteiger partial charge < -0.3 is 9.57 Å². The van der Waals surface area contributed by atoms with Crippen molar-refractivity contribution in [3.05, 3.63) is 70.8 Å². The summed E-state index contributed by atoms with van der Waals surface area (Å²) in [5.74, 6) is 0.508. The van der Waals surface area contributed by atoms with Crippen molar-refractivity contribution in [1.29, 1.82) is 0 Å². The Bertz CT molecular complexity index is 1070. The van der Waals surface area contributed by atoms with E-state index >= 15 is 0 Å². The molecule has 0 atom stereocenters. The molecule has 11 heteroatoms. The quantitative estimate of drug-likeness (QED) is 0.237. The number of oxime groups is 1. The average Bonchev–Trinajstić information content (AvgIpc) is 2.78. The molecule has 0 saturated heterocycles.